The van der Waals surface area contributed by atoms with Gasteiger partial charge in [0.25, 0.3) is 0 Å². The molecule has 0 aliphatic heterocycles. The lowest BCUT2D eigenvalue weighted by Crippen LogP contribution is -2.43. The van der Waals surface area contributed by atoms with Gasteiger partial charge in [-0.3, -0.25) is 0 Å². The maximum absolute atomic E-state index is 13.7. The summed E-state index contributed by atoms with van der Waals surface area (Å²) in [5.74, 6) is -0.443. The minimum absolute atomic E-state index is 0.0395. The molecule has 0 aromatic heterocycles. The molecule has 0 saturated heterocycles. The van der Waals surface area contributed by atoms with Gasteiger partial charge < -0.3 is 4.74 Å². The second kappa shape index (κ2) is 5.53. The highest BCUT2D eigenvalue weighted by Crippen LogP contribution is 2.46. The zero-order valence-electron chi connectivity index (χ0n) is 12.8. The molecule has 0 radical (unpaired) electrons. The largest absolute Gasteiger partial charge is 0.443 e. The molecule has 0 bridgehead atoms. The zero-order valence-corrected chi connectivity index (χ0v) is 13.7. The highest BCUT2D eigenvalue weighted by atomic mass is 32.2. The fourth-order valence-corrected chi connectivity index (χ4v) is 3.65. The third-order valence-electron chi connectivity index (χ3n) is 3.46. The zero-order chi connectivity index (χ0) is 16.6. The molecular formula is C15H20FNO4S. The third-order valence-corrected chi connectivity index (χ3v) is 5.59. The van der Waals surface area contributed by atoms with Gasteiger partial charge in [-0.25, -0.2) is 22.3 Å². The van der Waals surface area contributed by atoms with E-state index in [4.69, 9.17) is 4.74 Å². The average Bonchev–Trinajstić information content (AvgIpc) is 3.10. The molecule has 1 aromatic carbocycles. The Kier molecular flexibility index (Phi) is 4.21. The second-order valence-electron chi connectivity index (χ2n) is 6.56. The number of halogens is 1. The van der Waals surface area contributed by atoms with Gasteiger partial charge in [-0.2, -0.15) is 0 Å². The van der Waals surface area contributed by atoms with Crippen LogP contribution in [-0.2, 0) is 21.2 Å². The van der Waals surface area contributed by atoms with E-state index in [1.165, 1.54) is 6.07 Å². The molecule has 1 fully saturated rings. The normalized spacial score (nSPS) is 16.9. The minimum Gasteiger partial charge on any atom is -0.443 e. The van der Waals surface area contributed by atoms with Crippen molar-refractivity contribution in [2.75, 3.05) is 0 Å². The van der Waals surface area contributed by atoms with Gasteiger partial charge in [0.05, 0.1) is 4.75 Å². The molecule has 122 valence electrons. The summed E-state index contributed by atoms with van der Waals surface area (Å²) in [5, 5.41) is 0. The Balaban J connectivity index is 2.12. The van der Waals surface area contributed by atoms with E-state index in [1.54, 1.807) is 39.0 Å². The van der Waals surface area contributed by atoms with Crippen molar-refractivity contribution in [2.45, 2.75) is 50.4 Å². The highest BCUT2D eigenvalue weighted by Gasteiger charge is 2.55. The number of ether oxygens (including phenoxy) is 1. The van der Waals surface area contributed by atoms with E-state index in [0.717, 1.165) is 0 Å². The summed E-state index contributed by atoms with van der Waals surface area (Å²) in [6.07, 6.45) is -0.191. The van der Waals surface area contributed by atoms with E-state index in [2.05, 4.69) is 0 Å². The molecule has 1 N–H and O–H groups in total. The van der Waals surface area contributed by atoms with Crippen LogP contribution in [0.2, 0.25) is 0 Å². The van der Waals surface area contributed by atoms with Crippen LogP contribution in [0.4, 0.5) is 9.18 Å². The standard InChI is InChI=1S/C15H20FNO4S/c1-14(2,3)21-13(18)17-22(19,20)15(8-9-15)10-11-6-4-5-7-12(11)16/h4-7H,8-10H2,1-3H3,(H,17,18). The number of amides is 1. The third kappa shape index (κ3) is 3.76. The van der Waals surface area contributed by atoms with Crippen LogP contribution in [0.1, 0.15) is 39.2 Å². The number of carbonyl (C=O) groups is 1. The molecule has 22 heavy (non-hydrogen) atoms. The first-order chi connectivity index (χ1) is 10.0. The van der Waals surface area contributed by atoms with Crippen molar-refractivity contribution in [1.29, 1.82) is 0 Å². The molecule has 1 aliphatic rings. The predicted molar refractivity (Wildman–Crippen MR) is 80.4 cm³/mol. The van der Waals surface area contributed by atoms with E-state index in [1.807, 2.05) is 4.72 Å². The highest BCUT2D eigenvalue weighted by molar-refractivity contribution is 7.91. The van der Waals surface area contributed by atoms with Crippen LogP contribution in [0, 0.1) is 5.82 Å². The number of carbonyl (C=O) groups excluding carboxylic acids is 1. The van der Waals surface area contributed by atoms with Crippen molar-refractivity contribution in [1.82, 2.24) is 4.72 Å². The Morgan fingerprint density at radius 1 is 1.32 bits per heavy atom. The predicted octanol–water partition coefficient (Wildman–Crippen LogP) is 2.76. The molecule has 1 amide bonds. The summed E-state index contributed by atoms with van der Waals surface area (Å²) in [6.45, 7) is 4.93. The summed E-state index contributed by atoms with van der Waals surface area (Å²) in [6, 6.07) is 6.05. The van der Waals surface area contributed by atoms with Gasteiger partial charge in [0.1, 0.15) is 11.4 Å². The maximum atomic E-state index is 13.7. The lowest BCUT2D eigenvalue weighted by Gasteiger charge is -2.22. The quantitative estimate of drug-likeness (QED) is 0.922. The summed E-state index contributed by atoms with van der Waals surface area (Å²) in [4.78, 5) is 11.7. The Morgan fingerprint density at radius 3 is 2.41 bits per heavy atom. The molecule has 1 aliphatic carbocycles. The summed E-state index contributed by atoms with van der Waals surface area (Å²) in [5.41, 5.74) is -0.462. The van der Waals surface area contributed by atoms with E-state index in [9.17, 15) is 17.6 Å². The van der Waals surface area contributed by atoms with Crippen LogP contribution in [0.25, 0.3) is 0 Å². The fourth-order valence-electron chi connectivity index (χ4n) is 2.19. The summed E-state index contributed by atoms with van der Waals surface area (Å²) >= 11 is 0. The summed E-state index contributed by atoms with van der Waals surface area (Å²) < 4.78 is 44.3. The van der Waals surface area contributed by atoms with Crippen LogP contribution >= 0.6 is 0 Å². The van der Waals surface area contributed by atoms with Gasteiger partial charge in [-0.05, 0) is 51.7 Å². The van der Waals surface area contributed by atoms with Crippen LogP contribution in [-0.4, -0.2) is 24.9 Å². The van der Waals surface area contributed by atoms with E-state index >= 15 is 0 Å². The van der Waals surface area contributed by atoms with Crippen molar-refractivity contribution in [2.24, 2.45) is 0 Å². The van der Waals surface area contributed by atoms with Crippen molar-refractivity contribution in [3.8, 4) is 0 Å². The summed E-state index contributed by atoms with van der Waals surface area (Å²) in [7, 11) is -3.93. The van der Waals surface area contributed by atoms with E-state index in [0.29, 0.717) is 18.4 Å². The van der Waals surface area contributed by atoms with Gasteiger partial charge in [0.15, 0.2) is 0 Å². The van der Waals surface area contributed by atoms with E-state index < -0.39 is 32.3 Å². The first kappa shape index (κ1) is 16.7. The van der Waals surface area contributed by atoms with Gasteiger partial charge in [0, 0.05) is 0 Å². The van der Waals surface area contributed by atoms with Gasteiger partial charge in [-0.1, -0.05) is 18.2 Å². The van der Waals surface area contributed by atoms with E-state index in [-0.39, 0.29) is 6.42 Å². The Bertz CT molecular complexity index is 675. The van der Waals surface area contributed by atoms with Crippen molar-refractivity contribution < 1.29 is 22.3 Å². The topological polar surface area (TPSA) is 72.5 Å². The second-order valence-corrected chi connectivity index (χ2v) is 8.64. The fraction of sp³-hybridized carbons (Fsp3) is 0.533. The lowest BCUT2D eigenvalue weighted by molar-refractivity contribution is 0.0569. The minimum atomic E-state index is -3.93. The molecule has 7 heteroatoms. The van der Waals surface area contributed by atoms with Crippen LogP contribution in [0.3, 0.4) is 0 Å². The Labute approximate surface area is 129 Å². The average molecular weight is 329 g/mol. The number of hydrogen-bond donors (Lipinski definition) is 1. The molecule has 0 unspecified atom stereocenters. The van der Waals surface area contributed by atoms with Gasteiger partial charge in [0.2, 0.25) is 10.0 Å². The van der Waals surface area contributed by atoms with Crippen molar-refractivity contribution in [3.05, 3.63) is 35.6 Å². The number of sulfonamides is 1. The molecular weight excluding hydrogens is 309 g/mol. The lowest BCUT2D eigenvalue weighted by atomic mass is 10.1. The smallest absolute Gasteiger partial charge is 0.421 e. The number of benzene rings is 1. The number of rotatable bonds is 4. The molecule has 0 spiro atoms. The monoisotopic (exact) mass is 329 g/mol. The maximum Gasteiger partial charge on any atom is 0.421 e. The molecule has 0 atom stereocenters. The molecule has 2 rings (SSSR count). The first-order valence-corrected chi connectivity index (χ1v) is 8.52. The molecule has 5 nitrogen and oxygen atoms in total. The van der Waals surface area contributed by atoms with Crippen LogP contribution in [0.15, 0.2) is 24.3 Å². The van der Waals surface area contributed by atoms with Crippen molar-refractivity contribution in [3.63, 3.8) is 0 Å². The Morgan fingerprint density at radius 2 is 1.91 bits per heavy atom. The SMILES string of the molecule is CC(C)(C)OC(=O)NS(=O)(=O)C1(Cc2ccccc2F)CC1. The molecule has 1 saturated carbocycles. The van der Waals surface area contributed by atoms with Gasteiger partial charge >= 0.3 is 6.09 Å². The first-order valence-electron chi connectivity index (χ1n) is 7.03. The number of hydrogen-bond acceptors (Lipinski definition) is 4. The molecule has 1 aromatic rings. The number of nitrogens with one attached hydrogen (secondary N) is 1. The van der Waals surface area contributed by atoms with Crippen LogP contribution in [0.5, 0.6) is 0 Å². The Hall–Kier alpha value is -1.63. The molecule has 0 heterocycles. The van der Waals surface area contributed by atoms with Crippen molar-refractivity contribution >= 4 is 16.1 Å². The van der Waals surface area contributed by atoms with Gasteiger partial charge in [-0.15, -0.1) is 0 Å². The van der Waals surface area contributed by atoms with Crippen LogP contribution < -0.4 is 4.72 Å².